The summed E-state index contributed by atoms with van der Waals surface area (Å²) in [6.07, 6.45) is 3.07. The number of rotatable bonds is 7. The molecule has 1 rings (SSSR count). The Balaban J connectivity index is 2.46. The summed E-state index contributed by atoms with van der Waals surface area (Å²) in [4.78, 5) is 2.71. The first kappa shape index (κ1) is 13.6. The second kappa shape index (κ2) is 7.01. The van der Waals surface area contributed by atoms with E-state index in [-0.39, 0.29) is 0 Å². The van der Waals surface area contributed by atoms with Crippen molar-refractivity contribution in [2.45, 2.75) is 38.6 Å². The van der Waals surface area contributed by atoms with Gasteiger partial charge in [0.25, 0.3) is 0 Å². The molecule has 0 fully saturated rings. The van der Waals surface area contributed by atoms with Crippen molar-refractivity contribution in [3.8, 4) is 0 Å². The molecule has 0 saturated heterocycles. The van der Waals surface area contributed by atoms with Gasteiger partial charge >= 0.3 is 0 Å². The molecule has 0 spiro atoms. The quantitative estimate of drug-likeness (QED) is 0.723. The molecule has 0 aliphatic rings. The van der Waals surface area contributed by atoms with E-state index in [1.807, 2.05) is 10.9 Å². The van der Waals surface area contributed by atoms with E-state index in [1.165, 1.54) is 0 Å². The zero-order chi connectivity index (χ0) is 12.0. The Morgan fingerprint density at radius 2 is 2.06 bits per heavy atom. The van der Waals surface area contributed by atoms with Gasteiger partial charge in [-0.2, -0.15) is 0 Å². The van der Waals surface area contributed by atoms with Crippen LogP contribution in [-0.4, -0.2) is 39.5 Å². The largest absolute Gasteiger partial charge is 0.302 e. The lowest BCUT2D eigenvalue weighted by atomic mass is 10.3. The molecule has 1 aromatic rings. The predicted molar refractivity (Wildman–Crippen MR) is 69.8 cm³/mol. The van der Waals surface area contributed by atoms with Gasteiger partial charge in [0.1, 0.15) is 0 Å². The molecule has 92 valence electrons. The van der Waals surface area contributed by atoms with Crippen LogP contribution in [0.5, 0.6) is 0 Å². The minimum atomic E-state index is 0.328. The first-order chi connectivity index (χ1) is 7.71. The van der Waals surface area contributed by atoms with Gasteiger partial charge in [-0.25, -0.2) is 0 Å². The van der Waals surface area contributed by atoms with Gasteiger partial charge in [-0.15, -0.1) is 5.10 Å². The summed E-state index contributed by atoms with van der Waals surface area (Å²) < 4.78 is 1.93. The van der Waals surface area contributed by atoms with Crippen molar-refractivity contribution in [1.82, 2.24) is 19.9 Å². The Morgan fingerprint density at radius 1 is 1.38 bits per heavy atom. The first-order valence-electron chi connectivity index (χ1n) is 5.97. The minimum Gasteiger partial charge on any atom is -0.302 e. The highest BCUT2D eigenvalue weighted by atomic mass is 79.9. The fourth-order valence-electron chi connectivity index (χ4n) is 1.56. The van der Waals surface area contributed by atoms with Crippen LogP contribution in [-0.2, 0) is 6.54 Å². The molecule has 5 heteroatoms. The van der Waals surface area contributed by atoms with E-state index in [2.05, 4.69) is 51.9 Å². The van der Waals surface area contributed by atoms with Crippen LogP contribution >= 0.6 is 15.9 Å². The normalized spacial score (nSPS) is 13.3. The monoisotopic (exact) mass is 288 g/mol. The summed E-state index contributed by atoms with van der Waals surface area (Å²) in [6, 6.07) is 0. The van der Waals surface area contributed by atoms with Crippen LogP contribution in [0, 0.1) is 0 Å². The van der Waals surface area contributed by atoms with E-state index >= 15 is 0 Å². The molecule has 0 aromatic carbocycles. The summed E-state index contributed by atoms with van der Waals surface area (Å²) in [5, 5.41) is 8.30. The Morgan fingerprint density at radius 3 is 2.62 bits per heavy atom. The lowest BCUT2D eigenvalue weighted by Crippen LogP contribution is -2.27. The van der Waals surface area contributed by atoms with Crippen LogP contribution < -0.4 is 0 Å². The summed E-state index contributed by atoms with van der Waals surface area (Å²) >= 11 is 3.58. The van der Waals surface area contributed by atoms with Gasteiger partial charge < -0.3 is 4.90 Å². The number of hydrogen-bond donors (Lipinski definition) is 0. The van der Waals surface area contributed by atoms with Crippen molar-refractivity contribution in [2.24, 2.45) is 0 Å². The van der Waals surface area contributed by atoms with E-state index in [9.17, 15) is 0 Å². The lowest BCUT2D eigenvalue weighted by molar-refractivity contribution is 0.284. The number of likely N-dealkylation sites (N-methyl/N-ethyl adjacent to an activating group) is 1. The Kier molecular flexibility index (Phi) is 5.98. The van der Waals surface area contributed by atoms with E-state index in [4.69, 9.17) is 0 Å². The van der Waals surface area contributed by atoms with Gasteiger partial charge in [-0.3, -0.25) is 4.68 Å². The van der Waals surface area contributed by atoms with Gasteiger partial charge in [-0.1, -0.05) is 41.9 Å². The van der Waals surface area contributed by atoms with Crippen LogP contribution in [0.25, 0.3) is 0 Å². The smallest absolute Gasteiger partial charge is 0.0963 e. The Hall–Kier alpha value is -0.420. The zero-order valence-corrected chi connectivity index (χ0v) is 11.9. The molecular formula is C11H21BrN4. The highest BCUT2D eigenvalue weighted by Gasteiger charge is 2.09. The number of halogens is 1. The number of nitrogens with zero attached hydrogens (tertiary/aromatic N) is 4. The molecule has 1 aromatic heterocycles. The summed E-state index contributed by atoms with van der Waals surface area (Å²) in [7, 11) is 0. The van der Waals surface area contributed by atoms with Crippen molar-refractivity contribution in [1.29, 1.82) is 0 Å². The van der Waals surface area contributed by atoms with Crippen molar-refractivity contribution < 1.29 is 0 Å². The van der Waals surface area contributed by atoms with Gasteiger partial charge in [0.05, 0.1) is 17.1 Å². The van der Waals surface area contributed by atoms with Gasteiger partial charge in [0, 0.05) is 12.7 Å². The molecule has 0 aliphatic heterocycles. The van der Waals surface area contributed by atoms with Gasteiger partial charge in [-0.05, 0) is 19.5 Å². The van der Waals surface area contributed by atoms with Crippen molar-refractivity contribution in [3.63, 3.8) is 0 Å². The second-order valence-electron chi connectivity index (χ2n) is 3.81. The molecule has 4 nitrogen and oxygen atoms in total. The van der Waals surface area contributed by atoms with Crippen LogP contribution in [0.2, 0.25) is 0 Å². The Labute approximate surface area is 106 Å². The van der Waals surface area contributed by atoms with Crippen molar-refractivity contribution >= 4 is 15.9 Å². The molecule has 0 aliphatic carbocycles. The summed E-state index contributed by atoms with van der Waals surface area (Å²) in [6.45, 7) is 10.6. The fraction of sp³-hybridized carbons (Fsp3) is 0.818. The standard InChI is InChI=1S/C11H21BrN4/c1-4-10(12)11-9-16(14-13-11)8-7-15(5-2)6-3/h9-10H,4-8H2,1-3H3. The summed E-state index contributed by atoms with van der Waals surface area (Å²) in [5.41, 5.74) is 1.03. The SMILES string of the molecule is CCC(Br)c1cn(CCN(CC)CC)nn1. The maximum Gasteiger partial charge on any atom is 0.0963 e. The third-order valence-corrected chi connectivity index (χ3v) is 3.89. The van der Waals surface area contributed by atoms with E-state index in [0.717, 1.165) is 38.3 Å². The van der Waals surface area contributed by atoms with Crippen LogP contribution in [0.3, 0.4) is 0 Å². The number of hydrogen-bond acceptors (Lipinski definition) is 3. The van der Waals surface area contributed by atoms with Crippen LogP contribution in [0.15, 0.2) is 6.20 Å². The maximum atomic E-state index is 4.16. The van der Waals surface area contributed by atoms with E-state index < -0.39 is 0 Å². The molecule has 0 saturated carbocycles. The van der Waals surface area contributed by atoms with E-state index in [1.54, 1.807) is 0 Å². The van der Waals surface area contributed by atoms with Crippen molar-refractivity contribution in [2.75, 3.05) is 19.6 Å². The second-order valence-corrected chi connectivity index (χ2v) is 4.91. The topological polar surface area (TPSA) is 34.0 Å². The number of aromatic nitrogens is 3. The highest BCUT2D eigenvalue weighted by Crippen LogP contribution is 2.23. The van der Waals surface area contributed by atoms with E-state index in [0.29, 0.717) is 4.83 Å². The van der Waals surface area contributed by atoms with Crippen LogP contribution in [0.4, 0.5) is 0 Å². The lowest BCUT2D eigenvalue weighted by Gasteiger charge is -2.17. The molecular weight excluding hydrogens is 268 g/mol. The van der Waals surface area contributed by atoms with Gasteiger partial charge in [0.15, 0.2) is 0 Å². The Bertz CT molecular complexity index is 296. The summed E-state index contributed by atoms with van der Waals surface area (Å²) in [5.74, 6) is 0. The molecule has 0 radical (unpaired) electrons. The maximum absolute atomic E-state index is 4.16. The molecule has 0 amide bonds. The molecule has 1 heterocycles. The number of alkyl halides is 1. The van der Waals surface area contributed by atoms with Gasteiger partial charge in [0.2, 0.25) is 0 Å². The van der Waals surface area contributed by atoms with Crippen LogP contribution in [0.1, 0.15) is 37.7 Å². The highest BCUT2D eigenvalue weighted by molar-refractivity contribution is 9.09. The average molecular weight is 289 g/mol. The molecule has 1 unspecified atom stereocenters. The molecule has 0 N–H and O–H groups in total. The fourth-order valence-corrected chi connectivity index (χ4v) is 1.77. The molecule has 16 heavy (non-hydrogen) atoms. The minimum absolute atomic E-state index is 0.328. The zero-order valence-electron chi connectivity index (χ0n) is 10.4. The first-order valence-corrected chi connectivity index (χ1v) is 6.89. The molecule has 0 bridgehead atoms. The third-order valence-electron chi connectivity index (χ3n) is 2.78. The molecule has 1 atom stereocenters. The third kappa shape index (κ3) is 3.87. The van der Waals surface area contributed by atoms with Crippen molar-refractivity contribution in [3.05, 3.63) is 11.9 Å². The predicted octanol–water partition coefficient (Wildman–Crippen LogP) is 2.47. The average Bonchev–Trinajstić information content (AvgIpc) is 2.78.